The van der Waals surface area contributed by atoms with E-state index in [0.29, 0.717) is 9.88 Å². The summed E-state index contributed by atoms with van der Waals surface area (Å²) in [5.74, 6) is -0.0371. The van der Waals surface area contributed by atoms with E-state index in [4.69, 9.17) is 18.0 Å². The van der Waals surface area contributed by atoms with E-state index in [9.17, 15) is 8.42 Å². The van der Waals surface area contributed by atoms with Crippen LogP contribution in [0.25, 0.3) is 0 Å². The highest BCUT2D eigenvalue weighted by Gasteiger charge is 2.33. The molecule has 20 heavy (non-hydrogen) atoms. The third kappa shape index (κ3) is 3.19. The van der Waals surface area contributed by atoms with Crippen molar-refractivity contribution in [1.29, 1.82) is 0 Å². The van der Waals surface area contributed by atoms with Crippen LogP contribution in [0.1, 0.15) is 30.4 Å². The lowest BCUT2D eigenvalue weighted by molar-refractivity contribution is 0.524. The lowest BCUT2D eigenvalue weighted by Gasteiger charge is -2.20. The van der Waals surface area contributed by atoms with E-state index in [2.05, 4.69) is 4.72 Å². The molecule has 0 radical (unpaired) electrons. The lowest BCUT2D eigenvalue weighted by Crippen LogP contribution is -2.41. The van der Waals surface area contributed by atoms with E-state index in [1.54, 1.807) is 13.0 Å². The first-order chi connectivity index (χ1) is 9.31. The van der Waals surface area contributed by atoms with Crippen molar-refractivity contribution in [2.45, 2.75) is 44.0 Å². The second-order valence-corrected chi connectivity index (χ2v) is 7.59. The number of nitrogens with one attached hydrogen (secondary N) is 1. The topological polar surface area (TPSA) is 72.2 Å². The molecule has 0 bridgehead atoms. The van der Waals surface area contributed by atoms with Crippen LogP contribution in [0.3, 0.4) is 0 Å². The molecule has 0 aromatic heterocycles. The van der Waals surface area contributed by atoms with Crippen molar-refractivity contribution in [3.63, 3.8) is 0 Å². The van der Waals surface area contributed by atoms with E-state index >= 15 is 0 Å². The number of hydrogen-bond donors (Lipinski definition) is 2. The van der Waals surface area contributed by atoms with Crippen LogP contribution in [0.15, 0.2) is 23.1 Å². The van der Waals surface area contributed by atoms with Crippen LogP contribution >= 0.6 is 12.2 Å². The summed E-state index contributed by atoms with van der Waals surface area (Å²) in [7, 11) is -3.53. The van der Waals surface area contributed by atoms with Gasteiger partial charge in [-0.15, -0.1) is 0 Å². The second kappa shape index (κ2) is 5.79. The van der Waals surface area contributed by atoms with Crippen molar-refractivity contribution in [3.05, 3.63) is 29.3 Å². The predicted octanol–water partition coefficient (Wildman–Crippen LogP) is 2.04. The minimum absolute atomic E-state index is 0.0371. The SMILES string of the molecule is Cc1ccc(C)c(S(=O)(=O)NC2CCCC2C(N)=S)c1. The summed E-state index contributed by atoms with van der Waals surface area (Å²) in [5.41, 5.74) is 7.36. The average Bonchev–Trinajstić information content (AvgIpc) is 2.79. The van der Waals surface area contributed by atoms with Gasteiger partial charge in [-0.1, -0.05) is 30.8 Å². The molecule has 6 heteroatoms. The number of thiocarbonyl (C=S) groups is 1. The van der Waals surface area contributed by atoms with Gasteiger partial charge in [0.2, 0.25) is 10.0 Å². The van der Waals surface area contributed by atoms with Gasteiger partial charge in [-0.2, -0.15) is 0 Å². The van der Waals surface area contributed by atoms with Crippen LogP contribution in [-0.4, -0.2) is 19.4 Å². The largest absolute Gasteiger partial charge is 0.393 e. The molecule has 1 aliphatic rings. The van der Waals surface area contributed by atoms with Gasteiger partial charge in [0.05, 0.1) is 9.88 Å². The maximum Gasteiger partial charge on any atom is 0.241 e. The van der Waals surface area contributed by atoms with Gasteiger partial charge in [0.1, 0.15) is 0 Å². The molecule has 2 rings (SSSR count). The number of hydrogen-bond acceptors (Lipinski definition) is 3. The summed E-state index contributed by atoms with van der Waals surface area (Å²) in [6.07, 6.45) is 2.59. The van der Waals surface area contributed by atoms with Crippen molar-refractivity contribution in [2.75, 3.05) is 0 Å². The molecule has 0 heterocycles. The zero-order chi connectivity index (χ0) is 14.9. The minimum Gasteiger partial charge on any atom is -0.393 e. The standard InChI is InChI=1S/C14H20N2O2S2/c1-9-6-7-10(2)13(8-9)20(17,18)16-12-5-3-4-11(12)14(15)19/h6-8,11-12,16H,3-5H2,1-2H3,(H2,15,19). The molecule has 2 atom stereocenters. The van der Waals surface area contributed by atoms with Crippen LogP contribution in [0.5, 0.6) is 0 Å². The zero-order valence-electron chi connectivity index (χ0n) is 11.7. The molecule has 0 spiro atoms. The molecule has 0 aliphatic heterocycles. The third-order valence-electron chi connectivity index (χ3n) is 3.82. The fraction of sp³-hybridized carbons (Fsp3) is 0.500. The minimum atomic E-state index is -3.53. The highest BCUT2D eigenvalue weighted by Crippen LogP contribution is 2.28. The van der Waals surface area contributed by atoms with Crippen molar-refractivity contribution in [3.8, 4) is 0 Å². The molecule has 0 amide bonds. The molecule has 110 valence electrons. The molecule has 3 N–H and O–H groups in total. The number of nitrogens with two attached hydrogens (primary N) is 1. The van der Waals surface area contributed by atoms with Gasteiger partial charge in [-0.3, -0.25) is 0 Å². The Morgan fingerprint density at radius 1 is 1.35 bits per heavy atom. The Hall–Kier alpha value is -0.980. The fourth-order valence-electron chi connectivity index (χ4n) is 2.70. The molecular formula is C14H20N2O2S2. The number of rotatable bonds is 4. The van der Waals surface area contributed by atoms with Gasteiger partial charge < -0.3 is 5.73 Å². The normalized spacial score (nSPS) is 22.9. The van der Waals surface area contributed by atoms with Crippen LogP contribution in [-0.2, 0) is 10.0 Å². The molecule has 1 aromatic rings. The Kier molecular flexibility index (Phi) is 4.46. The monoisotopic (exact) mass is 312 g/mol. The Balaban J connectivity index is 2.27. The second-order valence-electron chi connectivity index (χ2n) is 5.44. The maximum absolute atomic E-state index is 12.5. The molecule has 1 fully saturated rings. The van der Waals surface area contributed by atoms with E-state index in [-0.39, 0.29) is 12.0 Å². The van der Waals surface area contributed by atoms with Crippen LogP contribution < -0.4 is 10.5 Å². The molecule has 4 nitrogen and oxygen atoms in total. The number of benzene rings is 1. The smallest absolute Gasteiger partial charge is 0.241 e. The molecule has 2 unspecified atom stereocenters. The first-order valence-corrected chi connectivity index (χ1v) is 8.59. The summed E-state index contributed by atoms with van der Waals surface area (Å²) in [4.78, 5) is 0.738. The van der Waals surface area contributed by atoms with Gasteiger partial charge in [-0.25, -0.2) is 13.1 Å². The van der Waals surface area contributed by atoms with Crippen molar-refractivity contribution < 1.29 is 8.42 Å². The van der Waals surface area contributed by atoms with Gasteiger partial charge in [-0.05, 0) is 43.9 Å². The highest BCUT2D eigenvalue weighted by molar-refractivity contribution is 7.89. The average molecular weight is 312 g/mol. The Labute approximate surface area is 125 Å². The number of sulfonamides is 1. The van der Waals surface area contributed by atoms with E-state index < -0.39 is 10.0 Å². The first-order valence-electron chi connectivity index (χ1n) is 6.70. The van der Waals surface area contributed by atoms with Gasteiger partial charge in [0.25, 0.3) is 0 Å². The van der Waals surface area contributed by atoms with E-state index in [1.165, 1.54) is 0 Å². The maximum atomic E-state index is 12.5. The van der Waals surface area contributed by atoms with Gasteiger partial charge in [0, 0.05) is 12.0 Å². The Bertz CT molecular complexity index is 626. The number of aryl methyl sites for hydroxylation is 2. The zero-order valence-corrected chi connectivity index (χ0v) is 13.4. The lowest BCUT2D eigenvalue weighted by atomic mass is 10.1. The molecule has 1 aromatic carbocycles. The summed E-state index contributed by atoms with van der Waals surface area (Å²) in [6, 6.07) is 5.24. The highest BCUT2D eigenvalue weighted by atomic mass is 32.2. The van der Waals surface area contributed by atoms with E-state index in [0.717, 1.165) is 30.4 Å². The van der Waals surface area contributed by atoms with Crippen molar-refractivity contribution >= 4 is 27.2 Å². The predicted molar refractivity (Wildman–Crippen MR) is 84.2 cm³/mol. The van der Waals surface area contributed by atoms with Crippen molar-refractivity contribution in [1.82, 2.24) is 4.72 Å². The molecular weight excluding hydrogens is 292 g/mol. The molecule has 1 saturated carbocycles. The molecule has 1 aliphatic carbocycles. The summed E-state index contributed by atoms with van der Waals surface area (Å²) in [6.45, 7) is 3.68. The Morgan fingerprint density at radius 2 is 2.05 bits per heavy atom. The van der Waals surface area contributed by atoms with Gasteiger partial charge >= 0.3 is 0 Å². The summed E-state index contributed by atoms with van der Waals surface area (Å²) in [5, 5.41) is 0. The first kappa shape index (κ1) is 15.4. The van der Waals surface area contributed by atoms with Crippen LogP contribution in [0, 0.1) is 19.8 Å². The van der Waals surface area contributed by atoms with Gasteiger partial charge in [0.15, 0.2) is 0 Å². The van der Waals surface area contributed by atoms with E-state index in [1.807, 2.05) is 19.1 Å². The third-order valence-corrected chi connectivity index (χ3v) is 5.76. The summed E-state index contributed by atoms with van der Waals surface area (Å²) >= 11 is 5.03. The Morgan fingerprint density at radius 3 is 2.70 bits per heavy atom. The quantitative estimate of drug-likeness (QED) is 0.835. The van der Waals surface area contributed by atoms with Crippen molar-refractivity contribution in [2.24, 2.45) is 11.7 Å². The van der Waals surface area contributed by atoms with Crippen LogP contribution in [0.4, 0.5) is 0 Å². The van der Waals surface area contributed by atoms with Crippen LogP contribution in [0.2, 0.25) is 0 Å². The fourth-order valence-corrected chi connectivity index (χ4v) is 4.62. The molecule has 0 saturated heterocycles. The summed E-state index contributed by atoms with van der Waals surface area (Å²) < 4.78 is 27.8.